The van der Waals surface area contributed by atoms with Crippen LogP contribution in [0.4, 0.5) is 5.82 Å². The molecule has 0 atom stereocenters. The lowest BCUT2D eigenvalue weighted by molar-refractivity contribution is 0.844. The van der Waals surface area contributed by atoms with E-state index in [0.29, 0.717) is 11.5 Å². The van der Waals surface area contributed by atoms with Crippen molar-refractivity contribution in [3.63, 3.8) is 0 Å². The molecule has 0 aliphatic heterocycles. The van der Waals surface area contributed by atoms with Crippen molar-refractivity contribution < 1.29 is 0 Å². The molecule has 0 saturated heterocycles. The van der Waals surface area contributed by atoms with E-state index in [1.54, 1.807) is 12.4 Å². The van der Waals surface area contributed by atoms with E-state index in [-0.39, 0.29) is 0 Å². The molecule has 21 heavy (non-hydrogen) atoms. The van der Waals surface area contributed by atoms with Crippen molar-refractivity contribution in [3.8, 4) is 17.3 Å². The van der Waals surface area contributed by atoms with Gasteiger partial charge in [-0.25, -0.2) is 9.97 Å². The fraction of sp³-hybridized carbons (Fsp3) is 0.353. The zero-order valence-electron chi connectivity index (χ0n) is 12.7. The van der Waals surface area contributed by atoms with Gasteiger partial charge in [-0.3, -0.25) is 0 Å². The van der Waals surface area contributed by atoms with Gasteiger partial charge >= 0.3 is 0 Å². The lowest BCUT2D eigenvalue weighted by atomic mass is 9.96. The maximum absolute atomic E-state index is 9.06. The normalized spacial score (nSPS) is 10.4. The molecule has 108 valence electrons. The van der Waals surface area contributed by atoms with Gasteiger partial charge in [0, 0.05) is 17.7 Å². The molecule has 1 aromatic heterocycles. The molecule has 0 radical (unpaired) electrons. The van der Waals surface area contributed by atoms with E-state index in [2.05, 4.69) is 42.1 Å². The van der Waals surface area contributed by atoms with Gasteiger partial charge in [-0.1, -0.05) is 32.9 Å². The third kappa shape index (κ3) is 3.38. The number of hydrogen-bond donors (Lipinski definition) is 1. The second-order valence-electron chi connectivity index (χ2n) is 5.26. The summed E-state index contributed by atoms with van der Waals surface area (Å²) in [5, 5.41) is 12.4. The predicted molar refractivity (Wildman–Crippen MR) is 85.1 cm³/mol. The molecular weight excluding hydrogens is 260 g/mol. The van der Waals surface area contributed by atoms with Gasteiger partial charge in [-0.15, -0.1) is 0 Å². The molecule has 4 nitrogen and oxygen atoms in total. The van der Waals surface area contributed by atoms with Crippen molar-refractivity contribution in [3.05, 3.63) is 41.7 Å². The Hall–Kier alpha value is -2.41. The Bertz CT molecular complexity index is 656. The topological polar surface area (TPSA) is 61.6 Å². The molecule has 1 N–H and O–H groups in total. The van der Waals surface area contributed by atoms with Gasteiger partial charge in [0.25, 0.3) is 0 Å². The van der Waals surface area contributed by atoms with Crippen LogP contribution in [-0.2, 0) is 0 Å². The van der Waals surface area contributed by atoms with Crippen LogP contribution in [0, 0.1) is 11.3 Å². The largest absolute Gasteiger partial charge is 0.370 e. The van der Waals surface area contributed by atoms with Gasteiger partial charge < -0.3 is 5.32 Å². The molecule has 0 unspecified atom stereocenters. The lowest BCUT2D eigenvalue weighted by Crippen LogP contribution is -2.09. The highest BCUT2D eigenvalue weighted by Gasteiger charge is 2.16. The van der Waals surface area contributed by atoms with Crippen LogP contribution in [0.15, 0.2) is 30.6 Å². The van der Waals surface area contributed by atoms with Crippen LogP contribution < -0.4 is 5.32 Å². The first-order valence-electron chi connectivity index (χ1n) is 7.26. The zero-order chi connectivity index (χ0) is 15.2. The number of hydrogen-bond acceptors (Lipinski definition) is 4. The fourth-order valence-electron chi connectivity index (χ4n) is 2.29. The molecule has 0 aliphatic carbocycles. The van der Waals surface area contributed by atoms with Crippen LogP contribution in [0.2, 0.25) is 0 Å². The van der Waals surface area contributed by atoms with Crippen LogP contribution in [0.1, 0.15) is 44.2 Å². The summed E-state index contributed by atoms with van der Waals surface area (Å²) in [6.07, 6.45) is 2.62. The molecule has 0 amide bonds. The molecular formula is C17H20N4. The number of benzene rings is 1. The molecule has 2 aromatic rings. The third-order valence-electron chi connectivity index (χ3n) is 3.27. The Kier molecular flexibility index (Phi) is 4.89. The number of rotatable bonds is 5. The minimum absolute atomic E-state index is 0.297. The van der Waals surface area contributed by atoms with Gasteiger partial charge in [0.15, 0.2) is 0 Å². The SMILES string of the molecule is CCCNc1ncnc(-c2cccc(C#N)c2)c1C(C)C. The van der Waals surface area contributed by atoms with E-state index in [9.17, 15) is 0 Å². The highest BCUT2D eigenvalue weighted by molar-refractivity contribution is 5.70. The van der Waals surface area contributed by atoms with Gasteiger partial charge in [0.05, 0.1) is 17.3 Å². The summed E-state index contributed by atoms with van der Waals surface area (Å²) < 4.78 is 0. The number of nitrogens with one attached hydrogen (secondary N) is 1. The Morgan fingerprint density at radius 1 is 1.29 bits per heavy atom. The summed E-state index contributed by atoms with van der Waals surface area (Å²) in [4.78, 5) is 8.83. The van der Waals surface area contributed by atoms with E-state index in [1.165, 1.54) is 0 Å². The fourth-order valence-corrected chi connectivity index (χ4v) is 2.29. The summed E-state index contributed by atoms with van der Waals surface area (Å²) in [5.74, 6) is 1.19. The number of nitriles is 1. The van der Waals surface area contributed by atoms with Crippen LogP contribution in [0.3, 0.4) is 0 Å². The van der Waals surface area contributed by atoms with E-state index in [1.807, 2.05) is 18.2 Å². The van der Waals surface area contributed by atoms with Crippen molar-refractivity contribution in [2.45, 2.75) is 33.1 Å². The third-order valence-corrected chi connectivity index (χ3v) is 3.27. The Morgan fingerprint density at radius 3 is 2.76 bits per heavy atom. The minimum Gasteiger partial charge on any atom is -0.370 e. The summed E-state index contributed by atoms with van der Waals surface area (Å²) in [6.45, 7) is 7.27. The second kappa shape index (κ2) is 6.85. The van der Waals surface area contributed by atoms with Crippen molar-refractivity contribution in [1.82, 2.24) is 9.97 Å². The van der Waals surface area contributed by atoms with Gasteiger partial charge in [-0.05, 0) is 24.5 Å². The van der Waals surface area contributed by atoms with Gasteiger partial charge in [-0.2, -0.15) is 5.26 Å². The molecule has 4 heteroatoms. The van der Waals surface area contributed by atoms with Crippen LogP contribution in [0.5, 0.6) is 0 Å². The first kappa shape index (κ1) is 15.0. The predicted octanol–water partition coefficient (Wildman–Crippen LogP) is 3.96. The summed E-state index contributed by atoms with van der Waals surface area (Å²) in [7, 11) is 0. The lowest BCUT2D eigenvalue weighted by Gasteiger charge is -2.17. The Labute approximate surface area is 125 Å². The molecule has 0 aliphatic rings. The second-order valence-corrected chi connectivity index (χ2v) is 5.26. The standard InChI is InChI=1S/C17H20N4/c1-4-8-19-17-15(12(2)3)16(20-11-21-17)14-7-5-6-13(9-14)10-18/h5-7,9,11-12H,4,8H2,1-3H3,(H,19,20,21). The minimum atomic E-state index is 0.297. The summed E-state index contributed by atoms with van der Waals surface area (Å²) >= 11 is 0. The number of nitrogens with zero attached hydrogens (tertiary/aromatic N) is 3. The average molecular weight is 280 g/mol. The van der Waals surface area contributed by atoms with E-state index in [0.717, 1.165) is 35.6 Å². The molecule has 2 rings (SSSR count). The zero-order valence-corrected chi connectivity index (χ0v) is 12.7. The summed E-state index contributed by atoms with van der Waals surface area (Å²) in [5.41, 5.74) is 3.60. The van der Waals surface area contributed by atoms with Crippen molar-refractivity contribution in [2.24, 2.45) is 0 Å². The molecule has 0 saturated carbocycles. The number of aromatic nitrogens is 2. The van der Waals surface area contributed by atoms with E-state index in [4.69, 9.17) is 5.26 Å². The monoisotopic (exact) mass is 280 g/mol. The van der Waals surface area contributed by atoms with Gasteiger partial charge in [0.2, 0.25) is 0 Å². The van der Waals surface area contributed by atoms with Crippen LogP contribution in [0.25, 0.3) is 11.3 Å². The van der Waals surface area contributed by atoms with E-state index >= 15 is 0 Å². The van der Waals surface area contributed by atoms with Crippen molar-refractivity contribution in [2.75, 3.05) is 11.9 Å². The average Bonchev–Trinajstić information content (AvgIpc) is 2.52. The quantitative estimate of drug-likeness (QED) is 0.900. The van der Waals surface area contributed by atoms with Crippen molar-refractivity contribution in [1.29, 1.82) is 5.26 Å². The number of anilines is 1. The summed E-state index contributed by atoms with van der Waals surface area (Å²) in [6, 6.07) is 9.72. The molecule has 1 aromatic carbocycles. The highest BCUT2D eigenvalue weighted by atomic mass is 15.0. The van der Waals surface area contributed by atoms with Crippen molar-refractivity contribution >= 4 is 5.82 Å². The molecule has 0 fully saturated rings. The van der Waals surface area contributed by atoms with E-state index < -0.39 is 0 Å². The maximum atomic E-state index is 9.06. The maximum Gasteiger partial charge on any atom is 0.133 e. The molecule has 0 spiro atoms. The highest BCUT2D eigenvalue weighted by Crippen LogP contribution is 2.32. The van der Waals surface area contributed by atoms with Gasteiger partial charge in [0.1, 0.15) is 12.1 Å². The van der Waals surface area contributed by atoms with Crippen LogP contribution in [-0.4, -0.2) is 16.5 Å². The van der Waals surface area contributed by atoms with Crippen LogP contribution >= 0.6 is 0 Å². The first-order valence-corrected chi connectivity index (χ1v) is 7.26. The first-order chi connectivity index (χ1) is 10.2. The Balaban J connectivity index is 2.54. The molecule has 1 heterocycles. The smallest absolute Gasteiger partial charge is 0.133 e. The Morgan fingerprint density at radius 2 is 2.10 bits per heavy atom. The molecule has 0 bridgehead atoms.